The topological polar surface area (TPSA) is 143 Å². The maximum absolute atomic E-state index is 14.2. The molecule has 0 saturated heterocycles. The molecule has 2 aromatic carbocycles. The van der Waals surface area contributed by atoms with Crippen molar-refractivity contribution >= 4 is 43.2 Å². The second-order valence-corrected chi connectivity index (χ2v) is 15.3. The van der Waals surface area contributed by atoms with Crippen LogP contribution < -0.4 is 9.46 Å². The van der Waals surface area contributed by atoms with Crippen molar-refractivity contribution in [3.8, 4) is 5.75 Å². The molecule has 2 N–H and O–H groups in total. The number of rotatable bonds is 8. The fourth-order valence-electron chi connectivity index (χ4n) is 4.67. The number of nitrogens with one attached hydrogen (secondary N) is 1. The van der Waals surface area contributed by atoms with Crippen LogP contribution in [0, 0.1) is 5.92 Å². The lowest BCUT2D eigenvalue weighted by Gasteiger charge is -2.35. The van der Waals surface area contributed by atoms with Gasteiger partial charge in [0.25, 0.3) is 15.9 Å². The lowest BCUT2D eigenvalue weighted by Crippen LogP contribution is -2.47. The lowest BCUT2D eigenvalue weighted by atomic mass is 10.0. The molecule has 0 saturated carbocycles. The van der Waals surface area contributed by atoms with Crippen molar-refractivity contribution in [2.75, 3.05) is 44.3 Å². The second-order valence-electron chi connectivity index (χ2n) is 11.1. The number of anilines is 1. The Hall–Kier alpha value is -2.42. The van der Waals surface area contributed by atoms with Gasteiger partial charge < -0.3 is 19.5 Å². The fraction of sp³-hybridized carbons (Fsp3) is 0.552. The van der Waals surface area contributed by atoms with Gasteiger partial charge in [0, 0.05) is 43.4 Å². The summed E-state index contributed by atoms with van der Waals surface area (Å²) in [6, 6.07) is 9.61. The zero-order valence-corrected chi connectivity index (χ0v) is 27.6. The molecular formula is C29H42ClN3O8S2. The molecule has 1 aliphatic heterocycles. The van der Waals surface area contributed by atoms with Gasteiger partial charge in [-0.2, -0.15) is 0 Å². The molecule has 3 rings (SSSR count). The number of aliphatic hydroxyl groups is 1. The number of ether oxygens (including phenoxy) is 2. The monoisotopic (exact) mass is 659 g/mol. The van der Waals surface area contributed by atoms with Crippen LogP contribution in [0.1, 0.15) is 50.4 Å². The molecule has 14 heteroatoms. The summed E-state index contributed by atoms with van der Waals surface area (Å²) in [4.78, 5) is 15.7. The first-order chi connectivity index (χ1) is 20.1. The van der Waals surface area contributed by atoms with Gasteiger partial charge in [-0.05, 0) is 75.6 Å². The third kappa shape index (κ3) is 9.79. The molecule has 0 spiro atoms. The Morgan fingerprint density at radius 1 is 1.12 bits per heavy atom. The number of aliphatic hydroxyl groups excluding tert-OH is 1. The number of hydrogen-bond acceptors (Lipinski definition) is 8. The van der Waals surface area contributed by atoms with Gasteiger partial charge >= 0.3 is 0 Å². The molecule has 2 aromatic rings. The molecule has 0 aromatic heterocycles. The third-order valence-electron chi connectivity index (χ3n) is 7.43. The second kappa shape index (κ2) is 15.0. The van der Waals surface area contributed by atoms with Crippen LogP contribution in [0.3, 0.4) is 0 Å². The summed E-state index contributed by atoms with van der Waals surface area (Å²) in [6.07, 6.45) is 2.52. The van der Waals surface area contributed by atoms with E-state index < -0.39 is 38.1 Å². The van der Waals surface area contributed by atoms with Crippen molar-refractivity contribution < 1.29 is 36.2 Å². The van der Waals surface area contributed by atoms with Crippen LogP contribution in [0.4, 0.5) is 5.69 Å². The van der Waals surface area contributed by atoms with Crippen LogP contribution in [0.5, 0.6) is 5.75 Å². The zero-order chi connectivity index (χ0) is 31.9. The van der Waals surface area contributed by atoms with E-state index in [9.17, 15) is 26.7 Å². The van der Waals surface area contributed by atoms with E-state index in [1.807, 2.05) is 13.8 Å². The van der Waals surface area contributed by atoms with Gasteiger partial charge in [-0.15, -0.1) is 0 Å². The number of halogens is 1. The van der Waals surface area contributed by atoms with Crippen LogP contribution in [-0.2, 0) is 24.8 Å². The Morgan fingerprint density at radius 3 is 2.42 bits per heavy atom. The van der Waals surface area contributed by atoms with Crippen LogP contribution in [0.15, 0.2) is 47.4 Å². The highest BCUT2D eigenvalue weighted by Crippen LogP contribution is 2.29. The van der Waals surface area contributed by atoms with Crippen molar-refractivity contribution in [1.82, 2.24) is 9.21 Å². The molecule has 11 nitrogen and oxygen atoms in total. The first kappa shape index (κ1) is 35.1. The maximum Gasteiger partial charge on any atom is 0.261 e. The Bertz CT molecular complexity index is 1450. The van der Waals surface area contributed by atoms with Crippen LogP contribution in [0.25, 0.3) is 0 Å². The summed E-state index contributed by atoms with van der Waals surface area (Å²) in [5, 5.41) is 10.5. The van der Waals surface area contributed by atoms with Crippen molar-refractivity contribution in [1.29, 1.82) is 0 Å². The molecule has 0 bridgehead atoms. The van der Waals surface area contributed by atoms with Gasteiger partial charge in [-0.25, -0.2) is 21.1 Å². The Morgan fingerprint density at radius 2 is 1.79 bits per heavy atom. The number of benzene rings is 2. The van der Waals surface area contributed by atoms with E-state index in [-0.39, 0.29) is 53.6 Å². The Kier molecular flexibility index (Phi) is 12.3. The lowest BCUT2D eigenvalue weighted by molar-refractivity contribution is -0.00828. The Labute approximate surface area is 260 Å². The molecule has 4 atom stereocenters. The summed E-state index contributed by atoms with van der Waals surface area (Å²) >= 11 is 5.91. The summed E-state index contributed by atoms with van der Waals surface area (Å²) in [5.74, 6) is -0.508. The first-order valence-corrected chi connectivity index (χ1v) is 17.9. The minimum absolute atomic E-state index is 0.00244. The predicted molar refractivity (Wildman–Crippen MR) is 167 cm³/mol. The minimum Gasteiger partial charge on any atom is -0.490 e. The molecular weight excluding hydrogens is 618 g/mol. The quantitative estimate of drug-likeness (QED) is 0.436. The van der Waals surface area contributed by atoms with E-state index in [0.717, 1.165) is 19.1 Å². The molecule has 1 aliphatic rings. The van der Waals surface area contributed by atoms with E-state index in [1.165, 1.54) is 52.7 Å². The average Bonchev–Trinajstić information content (AvgIpc) is 2.94. The fourth-order valence-corrected chi connectivity index (χ4v) is 6.26. The summed E-state index contributed by atoms with van der Waals surface area (Å²) in [7, 11) is -5.98. The summed E-state index contributed by atoms with van der Waals surface area (Å²) in [6.45, 7) is 5.77. The molecule has 43 heavy (non-hydrogen) atoms. The molecule has 0 unspecified atom stereocenters. The van der Waals surface area contributed by atoms with Gasteiger partial charge in [0.2, 0.25) is 10.0 Å². The summed E-state index contributed by atoms with van der Waals surface area (Å²) in [5.41, 5.74) is 0.276. The normalized spacial score (nSPS) is 21.9. The van der Waals surface area contributed by atoms with Gasteiger partial charge in [-0.1, -0.05) is 18.5 Å². The zero-order valence-electron chi connectivity index (χ0n) is 25.2. The molecule has 0 fully saturated rings. The standard InChI is InChI=1S/C29H42ClN3O8S2/c1-20-17-33(21(2)19-34)29(35)26-16-24(31-43(38,39)25-12-9-23(30)10-13-25)11-14-27(26)41-22(3)8-6-7-15-40-28(20)18-32(4)42(5,36)37/h9-14,16,20-22,28,31,34H,6-8,15,17-19H2,1-5H3/t20-,21+,22-,28+/m1/s1. The van der Waals surface area contributed by atoms with Gasteiger partial charge in [0.1, 0.15) is 5.75 Å². The van der Waals surface area contributed by atoms with Crippen molar-refractivity contribution in [3.63, 3.8) is 0 Å². The first-order valence-electron chi connectivity index (χ1n) is 14.2. The van der Waals surface area contributed by atoms with Crippen LogP contribution in [-0.4, -0.2) is 94.9 Å². The molecule has 0 aliphatic carbocycles. The van der Waals surface area contributed by atoms with Crippen LogP contribution in [0.2, 0.25) is 5.02 Å². The highest BCUT2D eigenvalue weighted by Gasteiger charge is 2.31. The number of sulfonamides is 2. The molecule has 240 valence electrons. The van der Waals surface area contributed by atoms with Crippen LogP contribution >= 0.6 is 11.6 Å². The Balaban J connectivity index is 2.02. The number of hydrogen-bond donors (Lipinski definition) is 2. The maximum atomic E-state index is 14.2. The van der Waals surface area contributed by atoms with Gasteiger partial charge in [0.15, 0.2) is 0 Å². The van der Waals surface area contributed by atoms with E-state index in [4.69, 9.17) is 21.1 Å². The van der Waals surface area contributed by atoms with Gasteiger partial charge in [-0.3, -0.25) is 9.52 Å². The highest BCUT2D eigenvalue weighted by molar-refractivity contribution is 7.92. The van der Waals surface area contributed by atoms with Crippen molar-refractivity contribution in [2.45, 2.75) is 63.2 Å². The highest BCUT2D eigenvalue weighted by atomic mass is 35.5. The number of amides is 1. The van der Waals surface area contributed by atoms with E-state index >= 15 is 0 Å². The number of fused-ring (bicyclic) bond motifs is 1. The molecule has 1 heterocycles. The van der Waals surface area contributed by atoms with E-state index in [0.29, 0.717) is 18.1 Å². The van der Waals surface area contributed by atoms with E-state index in [1.54, 1.807) is 13.0 Å². The number of nitrogens with zero attached hydrogens (tertiary/aromatic N) is 2. The predicted octanol–water partition coefficient (Wildman–Crippen LogP) is 3.83. The summed E-state index contributed by atoms with van der Waals surface area (Å²) < 4.78 is 66.5. The SMILES string of the molecule is C[C@@H]1CCCCO[C@@H](CN(C)S(C)(=O)=O)[C@H](C)CN([C@@H](C)CO)C(=O)c2cc(NS(=O)(=O)c3ccc(Cl)cc3)ccc2O1. The third-order valence-corrected chi connectivity index (χ3v) is 10.4. The van der Waals surface area contributed by atoms with E-state index in [2.05, 4.69) is 4.72 Å². The number of carbonyl (C=O) groups is 1. The molecule has 0 radical (unpaired) electrons. The van der Waals surface area contributed by atoms with Crippen molar-refractivity contribution in [3.05, 3.63) is 53.1 Å². The van der Waals surface area contributed by atoms with Crippen molar-refractivity contribution in [2.24, 2.45) is 5.92 Å². The smallest absolute Gasteiger partial charge is 0.261 e. The molecule has 1 amide bonds. The minimum atomic E-state index is -3.99. The average molecular weight is 660 g/mol. The van der Waals surface area contributed by atoms with Gasteiger partial charge in [0.05, 0.1) is 41.6 Å². The number of carbonyl (C=O) groups excluding carboxylic acids is 1. The largest absolute Gasteiger partial charge is 0.490 e. The number of likely N-dealkylation sites (N-methyl/N-ethyl adjacent to an activating group) is 1.